The smallest absolute Gasteiger partial charge is 0.401 e. The molecular formula is C13H15F3N2O2. The maximum Gasteiger partial charge on any atom is 0.401 e. The van der Waals surface area contributed by atoms with Gasteiger partial charge in [0.25, 0.3) is 0 Å². The Morgan fingerprint density at radius 3 is 2.75 bits per heavy atom. The van der Waals surface area contributed by atoms with Crippen LogP contribution in [0.25, 0.3) is 0 Å². The van der Waals surface area contributed by atoms with Gasteiger partial charge in [-0.25, -0.2) is 4.79 Å². The fourth-order valence-corrected chi connectivity index (χ4v) is 2.42. The monoisotopic (exact) mass is 288 g/mol. The van der Waals surface area contributed by atoms with Crippen LogP contribution in [0.3, 0.4) is 0 Å². The van der Waals surface area contributed by atoms with Crippen LogP contribution in [-0.2, 0) is 17.7 Å². The number of nitrogen functional groups attached to an aromatic ring is 1. The minimum absolute atomic E-state index is 0.181. The number of benzene rings is 1. The van der Waals surface area contributed by atoms with Crippen LogP contribution < -0.4 is 5.73 Å². The first-order valence-corrected chi connectivity index (χ1v) is 6.09. The molecule has 0 aliphatic carbocycles. The third kappa shape index (κ3) is 3.04. The Balaban J connectivity index is 2.23. The number of fused-ring (bicyclic) bond motifs is 1. The molecule has 20 heavy (non-hydrogen) atoms. The van der Waals surface area contributed by atoms with Crippen LogP contribution in [0.2, 0.25) is 0 Å². The second-order valence-corrected chi connectivity index (χ2v) is 4.73. The number of carbonyl (C=O) groups excluding carboxylic acids is 1. The average Bonchev–Trinajstić information content (AvgIpc) is 2.36. The topological polar surface area (TPSA) is 55.6 Å². The summed E-state index contributed by atoms with van der Waals surface area (Å²) < 4.78 is 41.8. The van der Waals surface area contributed by atoms with Gasteiger partial charge in [0.05, 0.1) is 19.2 Å². The van der Waals surface area contributed by atoms with Crippen molar-refractivity contribution in [2.45, 2.75) is 19.1 Å². The van der Waals surface area contributed by atoms with Gasteiger partial charge in [-0.05, 0) is 23.6 Å². The first-order chi connectivity index (χ1) is 9.31. The van der Waals surface area contributed by atoms with Crippen LogP contribution in [0, 0.1) is 0 Å². The summed E-state index contributed by atoms with van der Waals surface area (Å²) in [5.74, 6) is -0.539. The number of halogens is 3. The molecule has 0 spiro atoms. The summed E-state index contributed by atoms with van der Waals surface area (Å²) in [5, 5.41) is 0. The maximum atomic E-state index is 12.4. The third-order valence-electron chi connectivity index (χ3n) is 3.33. The number of nitrogens with two attached hydrogens (primary N) is 1. The Bertz CT molecular complexity index is 529. The molecule has 4 nitrogen and oxygen atoms in total. The molecule has 110 valence electrons. The average molecular weight is 288 g/mol. The molecule has 1 aliphatic rings. The van der Waals surface area contributed by atoms with Gasteiger partial charge < -0.3 is 10.5 Å². The van der Waals surface area contributed by atoms with Crippen molar-refractivity contribution in [3.05, 3.63) is 28.8 Å². The summed E-state index contributed by atoms with van der Waals surface area (Å²) in [6.45, 7) is -0.493. The Kier molecular flexibility index (Phi) is 3.89. The lowest BCUT2D eigenvalue weighted by Crippen LogP contribution is -2.38. The number of alkyl halides is 3. The van der Waals surface area contributed by atoms with E-state index in [2.05, 4.69) is 4.74 Å². The van der Waals surface area contributed by atoms with Crippen molar-refractivity contribution in [3.63, 3.8) is 0 Å². The predicted octanol–water partition coefficient (Wildman–Crippen LogP) is 1.98. The van der Waals surface area contributed by atoms with Crippen molar-refractivity contribution in [1.29, 1.82) is 0 Å². The van der Waals surface area contributed by atoms with E-state index in [9.17, 15) is 18.0 Å². The molecule has 2 rings (SSSR count). The van der Waals surface area contributed by atoms with E-state index < -0.39 is 18.7 Å². The molecule has 1 heterocycles. The Labute approximate surface area is 114 Å². The summed E-state index contributed by atoms with van der Waals surface area (Å²) in [6.07, 6.45) is -3.82. The highest BCUT2D eigenvalue weighted by atomic mass is 19.4. The highest BCUT2D eigenvalue weighted by Crippen LogP contribution is 2.29. The standard InChI is InChI=1S/C13H15F3N2O2/c1-20-12(19)10-3-2-8-6-18(7-13(14,15)16)5-4-9(8)11(10)17/h2-3H,4-7,17H2,1H3. The molecule has 0 aromatic heterocycles. The van der Waals surface area contributed by atoms with E-state index in [0.29, 0.717) is 12.1 Å². The molecule has 2 N–H and O–H groups in total. The highest BCUT2D eigenvalue weighted by Gasteiger charge is 2.32. The second-order valence-electron chi connectivity index (χ2n) is 4.73. The minimum Gasteiger partial charge on any atom is -0.465 e. The van der Waals surface area contributed by atoms with Gasteiger partial charge in [0, 0.05) is 18.8 Å². The Morgan fingerprint density at radius 1 is 1.45 bits per heavy atom. The summed E-state index contributed by atoms with van der Waals surface area (Å²) in [7, 11) is 1.26. The van der Waals surface area contributed by atoms with Gasteiger partial charge in [-0.2, -0.15) is 13.2 Å². The third-order valence-corrected chi connectivity index (χ3v) is 3.33. The maximum absolute atomic E-state index is 12.4. The Morgan fingerprint density at radius 2 is 2.15 bits per heavy atom. The van der Waals surface area contributed by atoms with Crippen molar-refractivity contribution < 1.29 is 22.7 Å². The van der Waals surface area contributed by atoms with Gasteiger partial charge in [0.1, 0.15) is 0 Å². The van der Waals surface area contributed by atoms with Crippen LogP contribution >= 0.6 is 0 Å². The fourth-order valence-electron chi connectivity index (χ4n) is 2.42. The van der Waals surface area contributed by atoms with Crippen molar-refractivity contribution in [2.75, 3.05) is 25.9 Å². The zero-order valence-electron chi connectivity index (χ0n) is 11.0. The van der Waals surface area contributed by atoms with Crippen LogP contribution in [0.15, 0.2) is 12.1 Å². The summed E-state index contributed by atoms with van der Waals surface area (Å²) in [4.78, 5) is 12.8. The molecule has 7 heteroatoms. The number of hydrogen-bond donors (Lipinski definition) is 1. The van der Waals surface area contributed by atoms with E-state index in [0.717, 1.165) is 11.1 Å². The van der Waals surface area contributed by atoms with Crippen LogP contribution in [0.5, 0.6) is 0 Å². The van der Waals surface area contributed by atoms with E-state index >= 15 is 0 Å². The lowest BCUT2D eigenvalue weighted by molar-refractivity contribution is -0.147. The molecule has 1 aliphatic heterocycles. The lowest BCUT2D eigenvalue weighted by atomic mass is 9.95. The van der Waals surface area contributed by atoms with Gasteiger partial charge in [-0.15, -0.1) is 0 Å². The van der Waals surface area contributed by atoms with Gasteiger partial charge >= 0.3 is 12.1 Å². The molecule has 1 aromatic carbocycles. The summed E-state index contributed by atoms with van der Waals surface area (Å²) in [5.41, 5.74) is 7.95. The van der Waals surface area contributed by atoms with Gasteiger partial charge in [-0.1, -0.05) is 6.07 Å². The number of ether oxygens (including phenoxy) is 1. The number of nitrogens with zero attached hydrogens (tertiary/aromatic N) is 1. The molecule has 0 fully saturated rings. The zero-order valence-corrected chi connectivity index (χ0v) is 11.0. The molecular weight excluding hydrogens is 273 g/mol. The number of rotatable bonds is 2. The van der Waals surface area contributed by atoms with Gasteiger partial charge in [0.15, 0.2) is 0 Å². The molecule has 0 atom stereocenters. The Hall–Kier alpha value is -1.76. The van der Waals surface area contributed by atoms with E-state index in [4.69, 9.17) is 5.73 Å². The van der Waals surface area contributed by atoms with E-state index in [1.807, 2.05) is 0 Å². The van der Waals surface area contributed by atoms with Crippen molar-refractivity contribution in [3.8, 4) is 0 Å². The fraction of sp³-hybridized carbons (Fsp3) is 0.462. The first-order valence-electron chi connectivity index (χ1n) is 6.09. The van der Waals surface area contributed by atoms with Crippen molar-refractivity contribution in [1.82, 2.24) is 4.90 Å². The van der Waals surface area contributed by atoms with Gasteiger partial charge in [0.2, 0.25) is 0 Å². The minimum atomic E-state index is -4.21. The number of hydrogen-bond acceptors (Lipinski definition) is 4. The number of anilines is 1. The largest absolute Gasteiger partial charge is 0.465 e. The molecule has 0 radical (unpaired) electrons. The van der Waals surface area contributed by atoms with Gasteiger partial charge in [-0.3, -0.25) is 4.90 Å². The van der Waals surface area contributed by atoms with Crippen molar-refractivity contribution >= 4 is 11.7 Å². The molecule has 1 aromatic rings. The number of carbonyl (C=O) groups is 1. The normalized spacial score (nSPS) is 15.8. The SMILES string of the molecule is COC(=O)c1ccc2c(c1N)CCN(CC(F)(F)F)C2. The zero-order chi connectivity index (χ0) is 14.9. The quantitative estimate of drug-likeness (QED) is 0.668. The van der Waals surface area contributed by atoms with Crippen LogP contribution in [0.4, 0.5) is 18.9 Å². The summed E-state index contributed by atoms with van der Waals surface area (Å²) in [6, 6.07) is 3.14. The number of esters is 1. The molecule has 0 bridgehead atoms. The van der Waals surface area contributed by atoms with E-state index in [1.165, 1.54) is 18.1 Å². The molecule has 0 amide bonds. The molecule has 0 unspecified atom stereocenters. The highest BCUT2D eigenvalue weighted by molar-refractivity contribution is 5.96. The number of methoxy groups -OCH3 is 1. The first kappa shape index (κ1) is 14.6. The second kappa shape index (κ2) is 5.32. The van der Waals surface area contributed by atoms with Crippen LogP contribution in [-0.4, -0.2) is 37.2 Å². The lowest BCUT2D eigenvalue weighted by Gasteiger charge is -2.30. The summed E-state index contributed by atoms with van der Waals surface area (Å²) >= 11 is 0. The van der Waals surface area contributed by atoms with Crippen molar-refractivity contribution in [2.24, 2.45) is 0 Å². The molecule has 0 saturated heterocycles. The van der Waals surface area contributed by atoms with Crippen LogP contribution in [0.1, 0.15) is 21.5 Å². The van der Waals surface area contributed by atoms with E-state index in [1.54, 1.807) is 6.07 Å². The van der Waals surface area contributed by atoms with E-state index in [-0.39, 0.29) is 18.7 Å². The predicted molar refractivity (Wildman–Crippen MR) is 67.2 cm³/mol. The molecule has 0 saturated carbocycles.